The molecular formula is C19H21ClN4O4S. The van der Waals surface area contributed by atoms with Crippen molar-refractivity contribution in [1.29, 1.82) is 0 Å². The number of hydrogen-bond acceptors (Lipinski definition) is 6. The molecule has 1 aliphatic heterocycles. The van der Waals surface area contributed by atoms with Crippen molar-refractivity contribution in [2.45, 2.75) is 24.1 Å². The second-order valence-corrected chi connectivity index (χ2v) is 7.89. The highest BCUT2D eigenvalue weighted by atomic mass is 35.5. The van der Waals surface area contributed by atoms with Crippen LogP contribution in [0.2, 0.25) is 5.02 Å². The molecule has 1 aromatic heterocycles. The number of halogens is 1. The van der Waals surface area contributed by atoms with E-state index >= 15 is 0 Å². The summed E-state index contributed by atoms with van der Waals surface area (Å²) in [6.07, 6.45) is 3.26. The lowest BCUT2D eigenvalue weighted by Gasteiger charge is -2.11. The Balaban J connectivity index is 1.58. The number of benzene rings is 1. The molecule has 1 atom stereocenters. The van der Waals surface area contributed by atoms with Crippen LogP contribution in [0.5, 0.6) is 0 Å². The molecule has 1 aliphatic rings. The third-order valence-electron chi connectivity index (χ3n) is 4.36. The average molecular weight is 437 g/mol. The minimum atomic E-state index is -0.564. The summed E-state index contributed by atoms with van der Waals surface area (Å²) in [6, 6.07) is 6.55. The first kappa shape index (κ1) is 21.4. The molecule has 2 heterocycles. The number of carbonyl (C=O) groups excluding carboxylic acids is 2. The predicted molar refractivity (Wildman–Crippen MR) is 112 cm³/mol. The van der Waals surface area contributed by atoms with Crippen molar-refractivity contribution in [2.75, 3.05) is 24.2 Å². The van der Waals surface area contributed by atoms with E-state index < -0.39 is 11.5 Å². The molecule has 1 fully saturated rings. The van der Waals surface area contributed by atoms with E-state index in [1.54, 1.807) is 24.3 Å². The van der Waals surface area contributed by atoms with Gasteiger partial charge in [-0.05, 0) is 37.1 Å². The summed E-state index contributed by atoms with van der Waals surface area (Å²) in [5.74, 6) is -0.612. The van der Waals surface area contributed by atoms with E-state index in [0.717, 1.165) is 31.2 Å². The van der Waals surface area contributed by atoms with Crippen molar-refractivity contribution in [3.8, 4) is 0 Å². The number of nitrogens with zero attached hydrogens (tertiary/aromatic N) is 2. The Hall–Kier alpha value is -2.36. The SMILES string of the molecule is Cn1c(SCC(=O)NC[C@@H]2CCCO2)ncc(C(=O)Nc2ccc(Cl)cc2)c1=O. The first-order chi connectivity index (χ1) is 13.9. The fraction of sp³-hybridized carbons (Fsp3) is 0.368. The quantitative estimate of drug-likeness (QED) is 0.509. The topological polar surface area (TPSA) is 102 Å². The smallest absolute Gasteiger partial charge is 0.266 e. The summed E-state index contributed by atoms with van der Waals surface area (Å²) >= 11 is 6.95. The van der Waals surface area contributed by atoms with Crippen LogP contribution >= 0.6 is 23.4 Å². The molecule has 29 heavy (non-hydrogen) atoms. The molecule has 2 N–H and O–H groups in total. The molecule has 0 spiro atoms. The molecule has 0 saturated carbocycles. The Morgan fingerprint density at radius 3 is 2.79 bits per heavy atom. The van der Waals surface area contributed by atoms with Crippen LogP contribution in [0.4, 0.5) is 5.69 Å². The van der Waals surface area contributed by atoms with Gasteiger partial charge in [-0.25, -0.2) is 4.98 Å². The molecule has 1 aromatic carbocycles. The number of thioether (sulfide) groups is 1. The summed E-state index contributed by atoms with van der Waals surface area (Å²) in [6.45, 7) is 1.22. The Kier molecular flexibility index (Phi) is 7.29. The standard InChI is InChI=1S/C19H21ClN4O4S/c1-24-18(27)15(17(26)23-13-6-4-12(20)5-7-13)10-22-19(24)29-11-16(25)21-9-14-3-2-8-28-14/h4-7,10,14H,2-3,8-9,11H2,1H3,(H,21,25)(H,23,26)/t14-/m0/s1. The van der Waals surface area contributed by atoms with E-state index in [9.17, 15) is 14.4 Å². The van der Waals surface area contributed by atoms with Crippen molar-refractivity contribution in [3.05, 3.63) is 51.4 Å². The molecule has 154 valence electrons. The van der Waals surface area contributed by atoms with Crippen LogP contribution in [-0.2, 0) is 16.6 Å². The fourth-order valence-corrected chi connectivity index (χ4v) is 3.66. The van der Waals surface area contributed by atoms with Gasteiger partial charge in [0.1, 0.15) is 5.56 Å². The van der Waals surface area contributed by atoms with Gasteiger partial charge in [0.15, 0.2) is 5.16 Å². The highest BCUT2D eigenvalue weighted by Gasteiger charge is 2.18. The molecule has 2 aromatic rings. The van der Waals surface area contributed by atoms with Gasteiger partial charge in [0.2, 0.25) is 5.91 Å². The number of amides is 2. The fourth-order valence-electron chi connectivity index (χ4n) is 2.76. The number of nitrogens with one attached hydrogen (secondary N) is 2. The van der Waals surface area contributed by atoms with Crippen LogP contribution in [0.1, 0.15) is 23.2 Å². The Labute approximate surface area is 177 Å². The van der Waals surface area contributed by atoms with Gasteiger partial charge in [-0.15, -0.1) is 0 Å². The van der Waals surface area contributed by atoms with Crippen molar-refractivity contribution in [3.63, 3.8) is 0 Å². The zero-order chi connectivity index (χ0) is 20.8. The van der Waals surface area contributed by atoms with Crippen LogP contribution in [0.15, 0.2) is 40.4 Å². The van der Waals surface area contributed by atoms with Crippen molar-refractivity contribution in [2.24, 2.45) is 7.05 Å². The third-order valence-corrected chi connectivity index (χ3v) is 5.65. The summed E-state index contributed by atoms with van der Waals surface area (Å²) in [7, 11) is 1.51. The largest absolute Gasteiger partial charge is 0.376 e. The van der Waals surface area contributed by atoms with Crippen LogP contribution in [-0.4, -0.2) is 46.4 Å². The van der Waals surface area contributed by atoms with E-state index in [1.807, 2.05) is 0 Å². The van der Waals surface area contributed by atoms with Gasteiger partial charge in [0, 0.05) is 37.1 Å². The Morgan fingerprint density at radius 1 is 1.34 bits per heavy atom. The van der Waals surface area contributed by atoms with E-state index in [2.05, 4.69) is 15.6 Å². The average Bonchev–Trinajstić information content (AvgIpc) is 3.23. The molecule has 0 aliphatic carbocycles. The minimum Gasteiger partial charge on any atom is -0.376 e. The Bertz CT molecular complexity index is 942. The second-order valence-electron chi connectivity index (χ2n) is 6.51. The summed E-state index contributed by atoms with van der Waals surface area (Å²) < 4.78 is 6.72. The first-order valence-corrected chi connectivity index (χ1v) is 10.4. The van der Waals surface area contributed by atoms with Crippen LogP contribution < -0.4 is 16.2 Å². The zero-order valence-corrected chi connectivity index (χ0v) is 17.4. The predicted octanol–water partition coefficient (Wildman–Crippen LogP) is 2.07. The summed E-state index contributed by atoms with van der Waals surface area (Å²) in [5, 5.41) is 6.34. The number of carbonyl (C=O) groups is 2. The lowest BCUT2D eigenvalue weighted by molar-refractivity contribution is -0.119. The van der Waals surface area contributed by atoms with Gasteiger partial charge < -0.3 is 15.4 Å². The monoisotopic (exact) mass is 436 g/mol. The Morgan fingerprint density at radius 2 is 2.10 bits per heavy atom. The van der Waals surface area contributed by atoms with Crippen molar-refractivity contribution < 1.29 is 14.3 Å². The van der Waals surface area contributed by atoms with Gasteiger partial charge in [-0.2, -0.15) is 0 Å². The van der Waals surface area contributed by atoms with Crippen molar-refractivity contribution >= 4 is 40.9 Å². The third kappa shape index (κ3) is 5.81. The highest BCUT2D eigenvalue weighted by Crippen LogP contribution is 2.16. The summed E-state index contributed by atoms with van der Waals surface area (Å²) in [4.78, 5) is 41.1. The number of aromatic nitrogens is 2. The van der Waals surface area contributed by atoms with Gasteiger partial charge in [0.25, 0.3) is 11.5 Å². The maximum absolute atomic E-state index is 12.5. The second kappa shape index (κ2) is 9.91. The van der Waals surface area contributed by atoms with Gasteiger partial charge in [-0.1, -0.05) is 23.4 Å². The molecule has 0 radical (unpaired) electrons. The molecule has 1 saturated heterocycles. The summed E-state index contributed by atoms with van der Waals surface area (Å²) in [5.41, 5.74) is -0.0637. The maximum atomic E-state index is 12.5. The molecule has 0 bridgehead atoms. The molecule has 0 unspecified atom stereocenters. The highest BCUT2D eigenvalue weighted by molar-refractivity contribution is 7.99. The lowest BCUT2D eigenvalue weighted by Crippen LogP contribution is -2.33. The first-order valence-electron chi connectivity index (χ1n) is 9.08. The van der Waals surface area contributed by atoms with Crippen LogP contribution in [0, 0.1) is 0 Å². The molecule has 10 heteroatoms. The number of anilines is 1. The zero-order valence-electron chi connectivity index (χ0n) is 15.8. The molecular weight excluding hydrogens is 416 g/mol. The number of rotatable bonds is 7. The van der Waals surface area contributed by atoms with Gasteiger partial charge in [-0.3, -0.25) is 19.0 Å². The molecule has 8 nitrogen and oxygen atoms in total. The van der Waals surface area contributed by atoms with Crippen LogP contribution in [0.25, 0.3) is 0 Å². The van der Waals surface area contributed by atoms with E-state index in [1.165, 1.54) is 17.8 Å². The van der Waals surface area contributed by atoms with Crippen molar-refractivity contribution in [1.82, 2.24) is 14.9 Å². The molecule has 3 rings (SSSR count). The van der Waals surface area contributed by atoms with E-state index in [0.29, 0.717) is 22.4 Å². The van der Waals surface area contributed by atoms with Gasteiger partial charge in [0.05, 0.1) is 11.9 Å². The minimum absolute atomic E-state index is 0.0740. The number of ether oxygens (including phenoxy) is 1. The number of hydrogen-bond donors (Lipinski definition) is 2. The van der Waals surface area contributed by atoms with E-state index in [-0.39, 0.29) is 23.3 Å². The van der Waals surface area contributed by atoms with E-state index in [4.69, 9.17) is 16.3 Å². The van der Waals surface area contributed by atoms with Crippen LogP contribution in [0.3, 0.4) is 0 Å². The van der Waals surface area contributed by atoms with Gasteiger partial charge >= 0.3 is 0 Å². The molecule has 2 amide bonds. The maximum Gasteiger partial charge on any atom is 0.266 e. The normalized spacial score (nSPS) is 15.9. The lowest BCUT2D eigenvalue weighted by atomic mass is 10.2.